The topological polar surface area (TPSA) is 76.2 Å². The smallest absolute Gasteiger partial charge is 0.290 e. The summed E-state index contributed by atoms with van der Waals surface area (Å²) in [4.78, 5) is 17.0. The molecule has 0 unspecified atom stereocenters. The van der Waals surface area contributed by atoms with Crippen LogP contribution in [0.25, 0.3) is 4.91 Å². The van der Waals surface area contributed by atoms with Gasteiger partial charge in [-0.15, -0.1) is 0 Å². The zero-order valence-corrected chi connectivity index (χ0v) is 17.6. The van der Waals surface area contributed by atoms with Crippen LogP contribution in [-0.4, -0.2) is 64.9 Å². The lowest BCUT2D eigenvalue weighted by molar-refractivity contribution is -0.131. The summed E-state index contributed by atoms with van der Waals surface area (Å²) in [6.07, 6.45) is 0. The van der Waals surface area contributed by atoms with Gasteiger partial charge in [0.15, 0.2) is 9.84 Å². The highest BCUT2D eigenvalue weighted by molar-refractivity contribution is 8.00. The van der Waals surface area contributed by atoms with E-state index >= 15 is 0 Å². The van der Waals surface area contributed by atoms with Gasteiger partial charge in [0.25, 0.3) is 5.91 Å². The molecule has 30 heavy (non-hydrogen) atoms. The Morgan fingerprint density at radius 2 is 1.63 bits per heavy atom. The van der Waals surface area contributed by atoms with E-state index in [9.17, 15) is 13.2 Å². The molecule has 0 aliphatic carbocycles. The van der Waals surface area contributed by atoms with Gasteiger partial charge in [-0.2, -0.15) is 0 Å². The third kappa shape index (κ3) is 3.87. The van der Waals surface area contributed by atoms with E-state index < -0.39 is 9.84 Å². The standard InChI is InChI=1S/C22H24N2O5S/c1-28-19-10-6-5-9-18(19)23-11-13-24(14-12-23)22(25)20-21(17-7-3-2-4-8-17)30(26,27)16-15-29-20/h2-10H,11-16H2,1H3. The zero-order valence-electron chi connectivity index (χ0n) is 16.8. The van der Waals surface area contributed by atoms with Crippen molar-refractivity contribution in [1.29, 1.82) is 0 Å². The highest BCUT2D eigenvalue weighted by atomic mass is 32.2. The monoisotopic (exact) mass is 428 g/mol. The summed E-state index contributed by atoms with van der Waals surface area (Å²) in [7, 11) is -1.96. The van der Waals surface area contributed by atoms with Gasteiger partial charge in [-0.05, 0) is 17.7 Å². The van der Waals surface area contributed by atoms with E-state index in [1.54, 1.807) is 42.3 Å². The number of piperazine rings is 1. The molecule has 2 heterocycles. The number of carbonyl (C=O) groups is 1. The van der Waals surface area contributed by atoms with Gasteiger partial charge in [0.2, 0.25) is 5.76 Å². The van der Waals surface area contributed by atoms with Gasteiger partial charge in [0.1, 0.15) is 17.3 Å². The van der Waals surface area contributed by atoms with Crippen LogP contribution in [0.5, 0.6) is 5.75 Å². The average Bonchev–Trinajstić information content (AvgIpc) is 2.78. The molecule has 0 radical (unpaired) electrons. The third-order valence-corrected chi connectivity index (χ3v) is 7.09. The number of anilines is 1. The molecule has 1 amide bonds. The van der Waals surface area contributed by atoms with Gasteiger partial charge in [0.05, 0.1) is 18.6 Å². The van der Waals surface area contributed by atoms with E-state index in [-0.39, 0.29) is 28.9 Å². The first-order valence-corrected chi connectivity index (χ1v) is 11.5. The lowest BCUT2D eigenvalue weighted by Crippen LogP contribution is -2.50. The summed E-state index contributed by atoms with van der Waals surface area (Å²) in [5.41, 5.74) is 1.46. The Hall–Kier alpha value is -3.00. The summed E-state index contributed by atoms with van der Waals surface area (Å²) in [5, 5.41) is 0. The minimum absolute atomic E-state index is 0.00786. The molecule has 0 bridgehead atoms. The van der Waals surface area contributed by atoms with Crippen LogP contribution in [0.2, 0.25) is 0 Å². The molecule has 0 atom stereocenters. The summed E-state index contributed by atoms with van der Waals surface area (Å²) in [6, 6.07) is 16.4. The molecule has 1 fully saturated rings. The van der Waals surface area contributed by atoms with Crippen LogP contribution in [0.1, 0.15) is 5.56 Å². The van der Waals surface area contributed by atoms with Crippen LogP contribution in [0.4, 0.5) is 5.69 Å². The number of ether oxygens (including phenoxy) is 2. The maximum Gasteiger partial charge on any atom is 0.290 e. The maximum atomic E-state index is 13.2. The van der Waals surface area contributed by atoms with Gasteiger partial charge in [0, 0.05) is 26.2 Å². The number of sulfone groups is 1. The highest BCUT2D eigenvalue weighted by Crippen LogP contribution is 2.32. The van der Waals surface area contributed by atoms with Gasteiger partial charge >= 0.3 is 0 Å². The molecule has 158 valence electrons. The van der Waals surface area contributed by atoms with E-state index in [1.807, 2.05) is 24.3 Å². The van der Waals surface area contributed by atoms with Gasteiger partial charge in [-0.25, -0.2) is 8.42 Å². The minimum Gasteiger partial charge on any atom is -0.495 e. The van der Waals surface area contributed by atoms with Crippen molar-refractivity contribution in [3.63, 3.8) is 0 Å². The summed E-state index contributed by atoms with van der Waals surface area (Å²) in [5.74, 6) is 0.207. The summed E-state index contributed by atoms with van der Waals surface area (Å²) >= 11 is 0. The Morgan fingerprint density at radius 1 is 0.967 bits per heavy atom. The molecule has 2 aromatic rings. The van der Waals surface area contributed by atoms with Gasteiger partial charge in [-0.1, -0.05) is 42.5 Å². The number of hydrogen-bond donors (Lipinski definition) is 0. The lowest BCUT2D eigenvalue weighted by Gasteiger charge is -2.37. The molecular formula is C22H24N2O5S. The Bertz CT molecular complexity index is 1060. The number of carbonyl (C=O) groups excluding carboxylic acids is 1. The molecule has 2 aliphatic rings. The number of methoxy groups -OCH3 is 1. The number of hydrogen-bond acceptors (Lipinski definition) is 6. The third-order valence-electron chi connectivity index (χ3n) is 5.34. The normalized spacial score (nSPS) is 18.7. The quantitative estimate of drug-likeness (QED) is 0.743. The molecule has 4 rings (SSSR count). The SMILES string of the molecule is COc1ccccc1N1CCN(C(=O)C2=C(c3ccccc3)S(=O)(=O)CCO2)CC1. The van der Waals surface area contributed by atoms with Crippen molar-refractivity contribution in [2.75, 3.05) is 50.5 Å². The van der Waals surface area contributed by atoms with Crippen molar-refractivity contribution in [3.8, 4) is 5.75 Å². The number of amides is 1. The number of nitrogens with zero attached hydrogens (tertiary/aromatic N) is 2. The Morgan fingerprint density at radius 3 is 2.33 bits per heavy atom. The van der Waals surface area contributed by atoms with E-state index in [2.05, 4.69) is 4.90 Å². The molecular weight excluding hydrogens is 404 g/mol. The van der Waals surface area contributed by atoms with Gasteiger partial charge < -0.3 is 19.3 Å². The Kier molecular flexibility index (Phi) is 5.67. The molecule has 0 spiro atoms. The first-order valence-electron chi connectivity index (χ1n) is 9.84. The molecule has 7 nitrogen and oxygen atoms in total. The van der Waals surface area contributed by atoms with E-state index in [1.165, 1.54) is 0 Å². The predicted molar refractivity (Wildman–Crippen MR) is 115 cm³/mol. The second-order valence-electron chi connectivity index (χ2n) is 7.14. The van der Waals surface area contributed by atoms with Crippen LogP contribution in [0.3, 0.4) is 0 Å². The largest absolute Gasteiger partial charge is 0.495 e. The van der Waals surface area contributed by atoms with Crippen molar-refractivity contribution >= 4 is 26.3 Å². The molecule has 0 aromatic heterocycles. The van der Waals surface area contributed by atoms with Crippen LogP contribution < -0.4 is 9.64 Å². The Labute approximate surface area is 176 Å². The zero-order chi connectivity index (χ0) is 21.1. The van der Waals surface area contributed by atoms with Crippen molar-refractivity contribution in [2.24, 2.45) is 0 Å². The van der Waals surface area contributed by atoms with E-state index in [0.717, 1.165) is 11.4 Å². The van der Waals surface area contributed by atoms with Crippen molar-refractivity contribution in [2.45, 2.75) is 0 Å². The highest BCUT2D eigenvalue weighted by Gasteiger charge is 2.36. The molecule has 2 aromatic carbocycles. The molecule has 0 N–H and O–H groups in total. The number of rotatable bonds is 4. The summed E-state index contributed by atoms with van der Waals surface area (Å²) in [6.45, 7) is 2.15. The lowest BCUT2D eigenvalue weighted by atomic mass is 10.1. The number of benzene rings is 2. The molecule has 2 aliphatic heterocycles. The van der Waals surface area contributed by atoms with Crippen molar-refractivity contribution in [3.05, 3.63) is 65.9 Å². The maximum absolute atomic E-state index is 13.2. The minimum atomic E-state index is -3.59. The second-order valence-corrected chi connectivity index (χ2v) is 9.19. The van der Waals surface area contributed by atoms with E-state index in [0.29, 0.717) is 31.7 Å². The predicted octanol–water partition coefficient (Wildman–Crippen LogP) is 2.16. The second kappa shape index (κ2) is 8.39. The van der Waals surface area contributed by atoms with Gasteiger partial charge in [-0.3, -0.25) is 4.79 Å². The molecule has 8 heteroatoms. The van der Waals surface area contributed by atoms with E-state index in [4.69, 9.17) is 9.47 Å². The fraction of sp³-hybridized carbons (Fsp3) is 0.318. The number of para-hydroxylation sites is 2. The Balaban J connectivity index is 1.58. The van der Waals surface area contributed by atoms with Crippen LogP contribution in [-0.2, 0) is 19.4 Å². The average molecular weight is 429 g/mol. The van der Waals surface area contributed by atoms with Crippen LogP contribution >= 0.6 is 0 Å². The van der Waals surface area contributed by atoms with Crippen molar-refractivity contribution < 1.29 is 22.7 Å². The molecule has 1 saturated heterocycles. The molecule has 0 saturated carbocycles. The van der Waals surface area contributed by atoms with Crippen LogP contribution in [0.15, 0.2) is 60.4 Å². The van der Waals surface area contributed by atoms with Crippen molar-refractivity contribution in [1.82, 2.24) is 4.90 Å². The fourth-order valence-corrected chi connectivity index (χ4v) is 5.24. The summed E-state index contributed by atoms with van der Waals surface area (Å²) < 4.78 is 36.6. The first-order chi connectivity index (χ1) is 14.5. The van der Waals surface area contributed by atoms with Crippen LogP contribution in [0, 0.1) is 0 Å². The first kappa shape index (κ1) is 20.3. The fourth-order valence-electron chi connectivity index (χ4n) is 3.81.